The van der Waals surface area contributed by atoms with Crippen molar-refractivity contribution in [2.45, 2.75) is 51.6 Å². The van der Waals surface area contributed by atoms with Gasteiger partial charge in [0.15, 0.2) is 5.78 Å². The predicted molar refractivity (Wildman–Crippen MR) is 132 cm³/mol. The standard InChI is InChI=1S/C27H24ClF10NO2/c1-13-7-17(8-14(2)23(13)28)19(26(33,34)35)11-21(29)16-5-6-18(20(10-16)27(36,37)38)22(40)9-15(3)24(41)39(4)12-25(30,31)32/h5-8,10-11,15,19H,9,12H2,1-4H3/b21-11-/t15-,19?/m0/s1. The van der Waals surface area contributed by atoms with Crippen LogP contribution in [0.3, 0.4) is 0 Å². The Kier molecular flexibility index (Phi) is 10.3. The lowest BCUT2D eigenvalue weighted by atomic mass is 9.91. The van der Waals surface area contributed by atoms with Crippen LogP contribution in [0.1, 0.15) is 57.4 Å². The number of ketones is 1. The summed E-state index contributed by atoms with van der Waals surface area (Å²) in [6.45, 7) is 2.27. The lowest BCUT2D eigenvalue weighted by Gasteiger charge is -2.22. The molecule has 41 heavy (non-hydrogen) atoms. The van der Waals surface area contributed by atoms with Gasteiger partial charge < -0.3 is 4.90 Å². The summed E-state index contributed by atoms with van der Waals surface area (Å²) < 4.78 is 136. The minimum atomic E-state index is -5.27. The van der Waals surface area contributed by atoms with Crippen molar-refractivity contribution in [1.82, 2.24) is 4.90 Å². The number of allylic oxidation sites excluding steroid dienone is 1. The SMILES string of the molecule is Cc1cc(C(/C=C(\F)c2ccc(C(=O)C[C@H](C)C(=O)N(C)CC(F)(F)F)c(C(F)(F)F)c2)C(F)(F)F)cc(C)c1Cl. The Bertz CT molecular complexity index is 1310. The van der Waals surface area contributed by atoms with Crippen LogP contribution in [0.4, 0.5) is 43.9 Å². The van der Waals surface area contributed by atoms with Gasteiger partial charge in [0.2, 0.25) is 5.91 Å². The first-order valence-electron chi connectivity index (χ1n) is 11.8. The monoisotopic (exact) mass is 619 g/mol. The number of halogens is 11. The summed E-state index contributed by atoms with van der Waals surface area (Å²) in [4.78, 5) is 25.1. The molecule has 0 aromatic heterocycles. The normalized spacial score (nSPS) is 14.6. The molecule has 2 rings (SSSR count). The Balaban J connectivity index is 2.47. The van der Waals surface area contributed by atoms with Crippen molar-refractivity contribution in [2.75, 3.05) is 13.6 Å². The summed E-state index contributed by atoms with van der Waals surface area (Å²) in [6, 6.07) is 3.53. The highest BCUT2D eigenvalue weighted by Gasteiger charge is 2.41. The molecule has 0 aliphatic rings. The number of carbonyl (C=O) groups is 2. The molecule has 0 saturated heterocycles. The van der Waals surface area contributed by atoms with Gasteiger partial charge in [0.05, 0.1) is 5.56 Å². The van der Waals surface area contributed by atoms with Gasteiger partial charge in [-0.2, -0.15) is 39.5 Å². The highest BCUT2D eigenvalue weighted by molar-refractivity contribution is 6.32. The third-order valence-electron chi connectivity index (χ3n) is 6.09. The van der Waals surface area contributed by atoms with E-state index in [1.165, 1.54) is 13.8 Å². The van der Waals surface area contributed by atoms with Crippen molar-refractivity contribution in [3.05, 3.63) is 74.8 Å². The van der Waals surface area contributed by atoms with Gasteiger partial charge in [-0.3, -0.25) is 9.59 Å². The van der Waals surface area contributed by atoms with Gasteiger partial charge in [-0.05, 0) is 42.7 Å². The van der Waals surface area contributed by atoms with Gasteiger partial charge in [-0.25, -0.2) is 4.39 Å². The zero-order valence-electron chi connectivity index (χ0n) is 22.0. The Labute approximate surface area is 233 Å². The highest BCUT2D eigenvalue weighted by Crippen LogP contribution is 2.41. The van der Waals surface area contributed by atoms with Crippen LogP contribution in [0, 0.1) is 19.8 Å². The maximum Gasteiger partial charge on any atom is 0.417 e. The number of carbonyl (C=O) groups excluding carboxylic acids is 2. The fraction of sp³-hybridized carbons (Fsp3) is 0.407. The van der Waals surface area contributed by atoms with Crippen LogP contribution < -0.4 is 0 Å². The van der Waals surface area contributed by atoms with Crippen molar-refractivity contribution in [2.24, 2.45) is 5.92 Å². The van der Waals surface area contributed by atoms with Gasteiger partial charge in [0.1, 0.15) is 18.3 Å². The molecule has 0 fully saturated rings. The first-order valence-corrected chi connectivity index (χ1v) is 12.2. The van der Waals surface area contributed by atoms with E-state index in [-0.39, 0.29) is 33.2 Å². The summed E-state index contributed by atoms with van der Waals surface area (Å²) in [5.74, 6) is -8.07. The highest BCUT2D eigenvalue weighted by atomic mass is 35.5. The smallest absolute Gasteiger partial charge is 0.336 e. The van der Waals surface area contributed by atoms with Crippen molar-refractivity contribution in [3.63, 3.8) is 0 Å². The first kappa shape index (κ1) is 34.1. The molecule has 1 unspecified atom stereocenters. The number of rotatable bonds is 8. The first-order chi connectivity index (χ1) is 18.5. The number of benzene rings is 2. The summed E-state index contributed by atoms with van der Waals surface area (Å²) in [6.07, 6.45) is -15.9. The van der Waals surface area contributed by atoms with Crippen molar-refractivity contribution in [3.8, 4) is 0 Å². The van der Waals surface area contributed by atoms with E-state index in [4.69, 9.17) is 11.6 Å². The molecule has 0 radical (unpaired) electrons. The number of alkyl halides is 9. The molecule has 0 aliphatic heterocycles. The van der Waals surface area contributed by atoms with Crippen LogP contribution in [0.25, 0.3) is 5.83 Å². The van der Waals surface area contributed by atoms with Gasteiger partial charge in [-0.1, -0.05) is 42.8 Å². The third kappa shape index (κ3) is 8.95. The van der Waals surface area contributed by atoms with Crippen LogP contribution in [0.2, 0.25) is 5.02 Å². The quantitative estimate of drug-likeness (QED) is 0.219. The number of Topliss-reactive ketones (excluding diaryl/α,β-unsaturated/α-hetero) is 1. The number of nitrogens with zero attached hydrogens (tertiary/aromatic N) is 1. The molecular weight excluding hydrogens is 596 g/mol. The van der Waals surface area contributed by atoms with Crippen molar-refractivity contribution in [1.29, 1.82) is 0 Å². The maximum absolute atomic E-state index is 15.1. The Hall–Kier alpha value is -3.09. The molecule has 2 aromatic rings. The maximum atomic E-state index is 15.1. The van der Waals surface area contributed by atoms with E-state index in [0.717, 1.165) is 26.1 Å². The zero-order chi connectivity index (χ0) is 31.7. The minimum Gasteiger partial charge on any atom is -0.336 e. The van der Waals surface area contributed by atoms with E-state index < -0.39 is 83.1 Å². The second-order valence-corrected chi connectivity index (χ2v) is 9.98. The molecule has 0 spiro atoms. The van der Waals surface area contributed by atoms with E-state index in [2.05, 4.69) is 0 Å². The van der Waals surface area contributed by atoms with Crippen LogP contribution in [-0.4, -0.2) is 42.5 Å². The van der Waals surface area contributed by atoms with Crippen LogP contribution in [0.5, 0.6) is 0 Å². The molecular formula is C27H24ClF10NO2. The number of hydrogen-bond donors (Lipinski definition) is 0. The van der Waals surface area contributed by atoms with Crippen LogP contribution >= 0.6 is 11.6 Å². The Morgan fingerprint density at radius 3 is 1.95 bits per heavy atom. The Morgan fingerprint density at radius 2 is 1.49 bits per heavy atom. The molecule has 0 N–H and O–H groups in total. The fourth-order valence-electron chi connectivity index (χ4n) is 4.15. The summed E-state index contributed by atoms with van der Waals surface area (Å²) in [5.41, 5.74) is -3.48. The average molecular weight is 620 g/mol. The lowest BCUT2D eigenvalue weighted by Crippen LogP contribution is -2.39. The number of amides is 1. The Morgan fingerprint density at radius 1 is 0.951 bits per heavy atom. The third-order valence-corrected chi connectivity index (χ3v) is 6.69. The van der Waals surface area contributed by atoms with Gasteiger partial charge in [0.25, 0.3) is 0 Å². The molecule has 1 amide bonds. The van der Waals surface area contributed by atoms with Gasteiger partial charge >= 0.3 is 18.5 Å². The van der Waals surface area contributed by atoms with Crippen molar-refractivity contribution >= 4 is 29.1 Å². The zero-order valence-corrected chi connectivity index (χ0v) is 22.7. The van der Waals surface area contributed by atoms with E-state index in [1.807, 2.05) is 0 Å². The van der Waals surface area contributed by atoms with E-state index in [9.17, 15) is 49.1 Å². The molecule has 0 saturated carbocycles. The molecule has 0 aliphatic carbocycles. The minimum absolute atomic E-state index is 0.107. The molecule has 3 nitrogen and oxygen atoms in total. The van der Waals surface area contributed by atoms with Gasteiger partial charge in [0, 0.05) is 35.5 Å². The summed E-state index contributed by atoms with van der Waals surface area (Å²) in [7, 11) is 0.808. The van der Waals surface area contributed by atoms with E-state index >= 15 is 4.39 Å². The molecule has 0 heterocycles. The fourth-order valence-corrected chi connectivity index (χ4v) is 4.26. The average Bonchev–Trinajstić information content (AvgIpc) is 2.82. The second-order valence-electron chi connectivity index (χ2n) is 9.60. The number of hydrogen-bond acceptors (Lipinski definition) is 2. The van der Waals surface area contributed by atoms with Crippen LogP contribution in [0.15, 0.2) is 36.4 Å². The largest absolute Gasteiger partial charge is 0.417 e. The molecule has 2 aromatic carbocycles. The molecule has 226 valence electrons. The van der Waals surface area contributed by atoms with Crippen molar-refractivity contribution < 1.29 is 53.5 Å². The van der Waals surface area contributed by atoms with Crippen LogP contribution in [-0.2, 0) is 11.0 Å². The molecule has 14 heteroatoms. The van der Waals surface area contributed by atoms with E-state index in [0.29, 0.717) is 12.1 Å². The molecule has 2 atom stereocenters. The lowest BCUT2D eigenvalue weighted by molar-refractivity contribution is -0.160. The van der Waals surface area contributed by atoms with E-state index in [1.54, 1.807) is 0 Å². The number of aryl methyl sites for hydroxylation is 2. The summed E-state index contributed by atoms with van der Waals surface area (Å²) in [5, 5.41) is 0.192. The molecule has 0 bridgehead atoms. The summed E-state index contributed by atoms with van der Waals surface area (Å²) >= 11 is 5.99. The van der Waals surface area contributed by atoms with Gasteiger partial charge in [-0.15, -0.1) is 0 Å². The second kappa shape index (κ2) is 12.4. The topological polar surface area (TPSA) is 37.4 Å². The predicted octanol–water partition coefficient (Wildman–Crippen LogP) is 8.86.